The van der Waals surface area contributed by atoms with Crippen LogP contribution in [-0.2, 0) is 4.74 Å². The van der Waals surface area contributed by atoms with Gasteiger partial charge in [-0.1, -0.05) is 20.3 Å². The van der Waals surface area contributed by atoms with Crippen molar-refractivity contribution in [3.63, 3.8) is 0 Å². The van der Waals surface area contributed by atoms with Crippen molar-refractivity contribution in [2.24, 2.45) is 21.7 Å². The van der Waals surface area contributed by atoms with Crippen molar-refractivity contribution in [2.45, 2.75) is 65.7 Å². The number of hydrogen-bond acceptors (Lipinski definition) is 2. The van der Waals surface area contributed by atoms with E-state index in [1.54, 1.807) is 0 Å². The zero-order valence-electron chi connectivity index (χ0n) is 15.7. The highest BCUT2D eigenvalue weighted by molar-refractivity contribution is 5.79. The van der Waals surface area contributed by atoms with E-state index in [9.17, 15) is 0 Å². The lowest BCUT2D eigenvalue weighted by atomic mass is 9.64. The number of aliphatic imine (C=N–C) groups is 1. The van der Waals surface area contributed by atoms with E-state index in [-0.39, 0.29) is 0 Å². The van der Waals surface area contributed by atoms with Gasteiger partial charge in [-0.25, -0.2) is 0 Å². The zero-order chi connectivity index (χ0) is 16.8. The van der Waals surface area contributed by atoms with Gasteiger partial charge < -0.3 is 15.4 Å². The Kier molecular flexibility index (Phi) is 6.75. The second-order valence-corrected chi connectivity index (χ2v) is 8.18. The first-order chi connectivity index (χ1) is 11.0. The average molecular weight is 324 g/mol. The minimum Gasteiger partial charge on any atom is -0.382 e. The summed E-state index contributed by atoms with van der Waals surface area (Å²) in [5.74, 6) is 1.75. The molecular weight excluding hydrogens is 286 g/mol. The standard InChI is InChI=1S/C19H37N3O/c1-5-23-12-11-18(9-10-18)14-21-17(20-4)22-15-19(7-6-8-19)13-16(2)3/h16H,5-15H2,1-4H3,(H2,20,21,22). The quantitative estimate of drug-likeness (QED) is 0.367. The largest absolute Gasteiger partial charge is 0.382 e. The summed E-state index contributed by atoms with van der Waals surface area (Å²) in [7, 11) is 1.88. The van der Waals surface area contributed by atoms with Crippen molar-refractivity contribution in [1.82, 2.24) is 10.6 Å². The molecule has 23 heavy (non-hydrogen) atoms. The summed E-state index contributed by atoms with van der Waals surface area (Å²) in [6.45, 7) is 10.5. The van der Waals surface area contributed by atoms with Gasteiger partial charge in [-0.3, -0.25) is 4.99 Å². The first kappa shape index (κ1) is 18.6. The Labute approximate surface area is 142 Å². The predicted molar refractivity (Wildman–Crippen MR) is 97.9 cm³/mol. The second-order valence-electron chi connectivity index (χ2n) is 8.18. The summed E-state index contributed by atoms with van der Waals surface area (Å²) in [4.78, 5) is 4.42. The van der Waals surface area contributed by atoms with Gasteiger partial charge in [0.25, 0.3) is 0 Å². The third kappa shape index (κ3) is 5.66. The Morgan fingerprint density at radius 3 is 2.17 bits per heavy atom. The molecule has 2 fully saturated rings. The molecule has 4 heteroatoms. The molecule has 2 N–H and O–H groups in total. The molecule has 2 aliphatic carbocycles. The van der Waals surface area contributed by atoms with E-state index in [4.69, 9.17) is 4.74 Å². The normalized spacial score (nSPS) is 21.9. The van der Waals surface area contributed by atoms with Gasteiger partial charge in [0, 0.05) is 33.4 Å². The van der Waals surface area contributed by atoms with E-state index in [0.29, 0.717) is 10.8 Å². The van der Waals surface area contributed by atoms with E-state index in [1.807, 2.05) is 7.05 Å². The van der Waals surface area contributed by atoms with E-state index < -0.39 is 0 Å². The lowest BCUT2D eigenvalue weighted by Gasteiger charge is -2.43. The summed E-state index contributed by atoms with van der Waals surface area (Å²) in [5, 5.41) is 7.15. The highest BCUT2D eigenvalue weighted by atomic mass is 16.5. The minimum atomic E-state index is 0.457. The van der Waals surface area contributed by atoms with Crippen LogP contribution >= 0.6 is 0 Å². The van der Waals surface area contributed by atoms with Crippen molar-refractivity contribution >= 4 is 5.96 Å². The van der Waals surface area contributed by atoms with E-state index in [2.05, 4.69) is 36.4 Å². The number of hydrogen-bond donors (Lipinski definition) is 2. The van der Waals surface area contributed by atoms with Crippen LogP contribution in [0.15, 0.2) is 4.99 Å². The van der Waals surface area contributed by atoms with Crippen LogP contribution in [0.2, 0.25) is 0 Å². The Bertz CT molecular complexity index is 384. The average Bonchev–Trinajstić information content (AvgIpc) is 3.24. The van der Waals surface area contributed by atoms with Gasteiger partial charge in [-0.15, -0.1) is 0 Å². The van der Waals surface area contributed by atoms with Gasteiger partial charge >= 0.3 is 0 Å². The van der Waals surface area contributed by atoms with E-state index in [1.165, 1.54) is 44.9 Å². The van der Waals surface area contributed by atoms with Crippen LogP contribution in [0.25, 0.3) is 0 Å². The summed E-state index contributed by atoms with van der Waals surface area (Å²) >= 11 is 0. The molecule has 0 heterocycles. The fourth-order valence-corrected chi connectivity index (χ4v) is 3.88. The number of rotatable bonds is 10. The molecule has 2 rings (SSSR count). The first-order valence-corrected chi connectivity index (χ1v) is 9.55. The zero-order valence-corrected chi connectivity index (χ0v) is 15.7. The summed E-state index contributed by atoms with van der Waals surface area (Å²) in [6.07, 6.45) is 9.27. The van der Waals surface area contributed by atoms with Crippen LogP contribution in [0.3, 0.4) is 0 Å². The van der Waals surface area contributed by atoms with E-state index >= 15 is 0 Å². The lowest BCUT2D eigenvalue weighted by Crippen LogP contribution is -2.48. The number of nitrogens with zero attached hydrogens (tertiary/aromatic N) is 1. The highest BCUT2D eigenvalue weighted by Crippen LogP contribution is 2.48. The Hall–Kier alpha value is -0.770. The third-order valence-corrected chi connectivity index (χ3v) is 5.68. The molecule has 0 spiro atoms. The molecule has 0 aliphatic heterocycles. The maximum absolute atomic E-state index is 5.52. The Balaban J connectivity index is 1.71. The third-order valence-electron chi connectivity index (χ3n) is 5.68. The van der Waals surface area contributed by atoms with Gasteiger partial charge in [0.05, 0.1) is 0 Å². The van der Waals surface area contributed by atoms with Crippen LogP contribution in [0.5, 0.6) is 0 Å². The molecule has 0 aromatic rings. The first-order valence-electron chi connectivity index (χ1n) is 9.55. The van der Waals surface area contributed by atoms with Crippen LogP contribution in [0, 0.1) is 16.7 Å². The topological polar surface area (TPSA) is 45.6 Å². The summed E-state index contributed by atoms with van der Waals surface area (Å²) < 4.78 is 5.52. The van der Waals surface area contributed by atoms with Gasteiger partial charge in [0.2, 0.25) is 0 Å². The fraction of sp³-hybridized carbons (Fsp3) is 0.947. The van der Waals surface area contributed by atoms with Crippen LogP contribution in [0.1, 0.15) is 65.7 Å². The molecule has 0 radical (unpaired) electrons. The van der Waals surface area contributed by atoms with Crippen LogP contribution in [0.4, 0.5) is 0 Å². The van der Waals surface area contributed by atoms with Crippen LogP contribution < -0.4 is 10.6 Å². The molecule has 0 atom stereocenters. The Morgan fingerprint density at radius 1 is 1.09 bits per heavy atom. The smallest absolute Gasteiger partial charge is 0.191 e. The van der Waals surface area contributed by atoms with Crippen molar-refractivity contribution in [2.75, 3.05) is 33.4 Å². The van der Waals surface area contributed by atoms with Crippen molar-refractivity contribution < 1.29 is 4.74 Å². The molecule has 2 aliphatic rings. The molecule has 2 saturated carbocycles. The maximum Gasteiger partial charge on any atom is 0.191 e. The minimum absolute atomic E-state index is 0.457. The molecule has 0 aromatic carbocycles. The molecule has 0 saturated heterocycles. The fourth-order valence-electron chi connectivity index (χ4n) is 3.88. The summed E-state index contributed by atoms with van der Waals surface area (Å²) in [5.41, 5.74) is 0.969. The molecular formula is C19H37N3O. The number of ether oxygens (including phenoxy) is 1. The van der Waals surface area contributed by atoms with Gasteiger partial charge in [0.15, 0.2) is 5.96 Å². The molecule has 4 nitrogen and oxygen atoms in total. The number of nitrogens with one attached hydrogen (secondary N) is 2. The van der Waals surface area contributed by atoms with Gasteiger partial charge in [0.1, 0.15) is 0 Å². The van der Waals surface area contributed by atoms with E-state index in [0.717, 1.165) is 38.2 Å². The summed E-state index contributed by atoms with van der Waals surface area (Å²) in [6, 6.07) is 0. The highest BCUT2D eigenvalue weighted by Gasteiger charge is 2.42. The van der Waals surface area contributed by atoms with Crippen molar-refractivity contribution in [3.05, 3.63) is 0 Å². The molecule has 0 amide bonds. The van der Waals surface area contributed by atoms with Gasteiger partial charge in [-0.05, 0) is 62.2 Å². The molecule has 0 unspecified atom stereocenters. The SMILES string of the molecule is CCOCCC1(CNC(=NC)NCC2(CC(C)C)CCC2)CC1. The Morgan fingerprint density at radius 2 is 1.74 bits per heavy atom. The predicted octanol–water partition coefficient (Wildman–Crippen LogP) is 3.57. The van der Waals surface area contributed by atoms with Crippen molar-refractivity contribution in [3.8, 4) is 0 Å². The van der Waals surface area contributed by atoms with Crippen molar-refractivity contribution in [1.29, 1.82) is 0 Å². The second kappa shape index (κ2) is 8.36. The molecule has 0 aromatic heterocycles. The molecule has 134 valence electrons. The molecule has 0 bridgehead atoms. The van der Waals surface area contributed by atoms with Gasteiger partial charge in [-0.2, -0.15) is 0 Å². The monoisotopic (exact) mass is 323 g/mol. The number of guanidine groups is 1. The maximum atomic E-state index is 5.52. The van der Waals surface area contributed by atoms with Crippen LogP contribution in [-0.4, -0.2) is 39.3 Å². The lowest BCUT2D eigenvalue weighted by molar-refractivity contribution is 0.104.